The number of aryl methyl sites for hydroxylation is 1. The summed E-state index contributed by atoms with van der Waals surface area (Å²) < 4.78 is 32.7. The van der Waals surface area contributed by atoms with E-state index in [1.54, 1.807) is 23.5 Å². The molecule has 1 aromatic heterocycles. The van der Waals surface area contributed by atoms with Crippen LogP contribution in [0.3, 0.4) is 0 Å². The minimum absolute atomic E-state index is 0.0141. The van der Waals surface area contributed by atoms with Gasteiger partial charge >= 0.3 is 0 Å². The number of sulfonamides is 1. The monoisotopic (exact) mass is 485 g/mol. The first-order chi connectivity index (χ1) is 15.8. The minimum atomic E-state index is -3.57. The van der Waals surface area contributed by atoms with E-state index in [-0.39, 0.29) is 16.8 Å². The molecule has 1 aliphatic heterocycles. The second-order valence-corrected chi connectivity index (χ2v) is 11.2. The second-order valence-electron chi connectivity index (χ2n) is 8.09. The standard InChI is InChI=1S/C24H27N3O4S2/c1-16-6-4-5-15-27(16)33(29,30)21-13-9-19(10-14-21)23(28)26-24-25-22(17(2)32-24)18-7-11-20(31-3)12-8-18/h7-14,16H,4-6,15H2,1-3H3,(H,25,26,28). The molecule has 2 aromatic carbocycles. The summed E-state index contributed by atoms with van der Waals surface area (Å²) in [7, 11) is -1.95. The van der Waals surface area contributed by atoms with Crippen LogP contribution in [-0.2, 0) is 10.0 Å². The molecule has 1 aliphatic rings. The number of hydrogen-bond acceptors (Lipinski definition) is 6. The predicted octanol–water partition coefficient (Wildman–Crippen LogP) is 4.94. The molecule has 0 bridgehead atoms. The van der Waals surface area contributed by atoms with Gasteiger partial charge < -0.3 is 4.74 Å². The molecule has 2 heterocycles. The first kappa shape index (κ1) is 23.4. The van der Waals surface area contributed by atoms with E-state index in [0.29, 0.717) is 17.2 Å². The largest absolute Gasteiger partial charge is 0.497 e. The van der Waals surface area contributed by atoms with E-state index in [9.17, 15) is 13.2 Å². The molecular formula is C24H27N3O4S2. The number of rotatable bonds is 6. The summed E-state index contributed by atoms with van der Waals surface area (Å²) in [5.41, 5.74) is 2.11. The number of carbonyl (C=O) groups is 1. The number of thiazole rings is 1. The number of piperidine rings is 1. The van der Waals surface area contributed by atoms with Gasteiger partial charge in [-0.1, -0.05) is 6.42 Å². The zero-order chi connectivity index (χ0) is 23.6. The third-order valence-corrected chi connectivity index (χ3v) is 8.76. The van der Waals surface area contributed by atoms with Crippen molar-refractivity contribution in [1.29, 1.82) is 0 Å². The molecule has 0 radical (unpaired) electrons. The molecule has 4 rings (SSSR count). The lowest BCUT2D eigenvalue weighted by molar-refractivity contribution is 0.102. The number of nitrogens with zero attached hydrogens (tertiary/aromatic N) is 2. The fourth-order valence-electron chi connectivity index (χ4n) is 3.98. The smallest absolute Gasteiger partial charge is 0.257 e. The van der Waals surface area contributed by atoms with E-state index in [1.165, 1.54) is 23.5 Å². The number of benzene rings is 2. The van der Waals surface area contributed by atoms with Gasteiger partial charge in [-0.25, -0.2) is 13.4 Å². The maximum atomic E-state index is 13.0. The van der Waals surface area contributed by atoms with Gasteiger partial charge in [0.15, 0.2) is 5.13 Å². The Kier molecular flexibility index (Phi) is 6.83. The maximum absolute atomic E-state index is 13.0. The van der Waals surface area contributed by atoms with Crippen molar-refractivity contribution in [2.45, 2.75) is 44.0 Å². The van der Waals surface area contributed by atoms with Crippen LogP contribution in [0.5, 0.6) is 5.75 Å². The van der Waals surface area contributed by atoms with Crippen molar-refractivity contribution in [1.82, 2.24) is 9.29 Å². The summed E-state index contributed by atoms with van der Waals surface area (Å²) in [5, 5.41) is 3.31. The van der Waals surface area contributed by atoms with Gasteiger partial charge in [0.05, 0.1) is 17.7 Å². The molecule has 1 fully saturated rings. The molecule has 0 spiro atoms. The average molecular weight is 486 g/mol. The fourth-order valence-corrected chi connectivity index (χ4v) is 6.51. The van der Waals surface area contributed by atoms with Gasteiger partial charge in [0, 0.05) is 28.6 Å². The summed E-state index contributed by atoms with van der Waals surface area (Å²) in [6.45, 7) is 4.43. The summed E-state index contributed by atoms with van der Waals surface area (Å²) in [4.78, 5) is 18.5. The first-order valence-electron chi connectivity index (χ1n) is 10.8. The van der Waals surface area contributed by atoms with Crippen molar-refractivity contribution >= 4 is 32.4 Å². The molecule has 1 N–H and O–H groups in total. The normalized spacial score (nSPS) is 17.0. The van der Waals surface area contributed by atoms with Gasteiger partial charge in [-0.3, -0.25) is 10.1 Å². The Hall–Kier alpha value is -2.75. The SMILES string of the molecule is COc1ccc(-c2nc(NC(=O)c3ccc(S(=O)(=O)N4CCCCC4C)cc3)sc2C)cc1. The molecule has 9 heteroatoms. The van der Waals surface area contributed by atoms with Crippen LogP contribution >= 0.6 is 11.3 Å². The number of anilines is 1. The number of aromatic nitrogens is 1. The Balaban J connectivity index is 1.48. The lowest BCUT2D eigenvalue weighted by Gasteiger charge is -2.32. The van der Waals surface area contributed by atoms with Gasteiger partial charge in [0.2, 0.25) is 10.0 Å². The molecule has 3 aromatic rings. The highest BCUT2D eigenvalue weighted by Gasteiger charge is 2.31. The zero-order valence-electron chi connectivity index (χ0n) is 18.9. The lowest BCUT2D eigenvalue weighted by Crippen LogP contribution is -2.41. The highest BCUT2D eigenvalue weighted by molar-refractivity contribution is 7.89. The van der Waals surface area contributed by atoms with Crippen LogP contribution in [0.15, 0.2) is 53.4 Å². The molecule has 1 amide bonds. The Bertz CT molecular complexity index is 1240. The second kappa shape index (κ2) is 9.62. The van der Waals surface area contributed by atoms with E-state index < -0.39 is 10.0 Å². The average Bonchev–Trinajstić information content (AvgIpc) is 3.19. The fraction of sp³-hybridized carbons (Fsp3) is 0.333. The summed E-state index contributed by atoms with van der Waals surface area (Å²) >= 11 is 1.39. The summed E-state index contributed by atoms with van der Waals surface area (Å²) in [5.74, 6) is 0.431. The molecule has 1 atom stereocenters. The van der Waals surface area contributed by atoms with Gasteiger partial charge in [-0.2, -0.15) is 4.31 Å². The van der Waals surface area contributed by atoms with Crippen molar-refractivity contribution in [2.75, 3.05) is 19.0 Å². The molecule has 33 heavy (non-hydrogen) atoms. The van der Waals surface area contributed by atoms with Crippen LogP contribution in [0.2, 0.25) is 0 Å². The van der Waals surface area contributed by atoms with E-state index >= 15 is 0 Å². The first-order valence-corrected chi connectivity index (χ1v) is 13.1. The maximum Gasteiger partial charge on any atom is 0.257 e. The van der Waals surface area contributed by atoms with Crippen LogP contribution in [0, 0.1) is 6.92 Å². The van der Waals surface area contributed by atoms with Crippen LogP contribution in [0.25, 0.3) is 11.3 Å². The van der Waals surface area contributed by atoms with Crippen molar-refractivity contribution in [3.63, 3.8) is 0 Å². The van der Waals surface area contributed by atoms with Crippen LogP contribution in [0.4, 0.5) is 5.13 Å². The number of hydrogen-bond donors (Lipinski definition) is 1. The van der Waals surface area contributed by atoms with E-state index in [1.807, 2.05) is 38.1 Å². The number of ether oxygens (including phenoxy) is 1. The zero-order valence-corrected chi connectivity index (χ0v) is 20.5. The number of carbonyl (C=O) groups excluding carboxylic acids is 1. The Morgan fingerprint density at radius 3 is 2.45 bits per heavy atom. The third kappa shape index (κ3) is 4.95. The number of amides is 1. The van der Waals surface area contributed by atoms with E-state index in [2.05, 4.69) is 10.3 Å². The number of methoxy groups -OCH3 is 1. The predicted molar refractivity (Wildman–Crippen MR) is 130 cm³/mol. The minimum Gasteiger partial charge on any atom is -0.497 e. The summed E-state index contributed by atoms with van der Waals surface area (Å²) in [6, 6.07) is 13.7. The van der Waals surface area contributed by atoms with E-state index in [0.717, 1.165) is 41.1 Å². The molecule has 7 nitrogen and oxygen atoms in total. The van der Waals surface area contributed by atoms with Crippen molar-refractivity contribution in [3.05, 3.63) is 59.0 Å². The highest BCUT2D eigenvalue weighted by Crippen LogP contribution is 2.32. The van der Waals surface area contributed by atoms with E-state index in [4.69, 9.17) is 4.74 Å². The van der Waals surface area contributed by atoms with Crippen LogP contribution < -0.4 is 10.1 Å². The van der Waals surface area contributed by atoms with Crippen molar-refractivity contribution < 1.29 is 17.9 Å². The quantitative estimate of drug-likeness (QED) is 0.534. The molecule has 0 aliphatic carbocycles. The molecule has 1 unspecified atom stereocenters. The Labute approximate surface area is 198 Å². The van der Waals surface area contributed by atoms with Gasteiger partial charge in [-0.05, 0) is 75.2 Å². The van der Waals surface area contributed by atoms with Crippen molar-refractivity contribution in [2.24, 2.45) is 0 Å². The Morgan fingerprint density at radius 2 is 1.82 bits per heavy atom. The molecule has 0 saturated carbocycles. The molecular weight excluding hydrogens is 458 g/mol. The summed E-state index contributed by atoms with van der Waals surface area (Å²) in [6.07, 6.45) is 2.78. The van der Waals surface area contributed by atoms with Gasteiger partial charge in [-0.15, -0.1) is 11.3 Å². The van der Waals surface area contributed by atoms with Crippen LogP contribution in [-0.4, -0.2) is 43.3 Å². The third-order valence-electron chi connectivity index (χ3n) is 5.85. The van der Waals surface area contributed by atoms with Crippen LogP contribution in [0.1, 0.15) is 41.4 Å². The van der Waals surface area contributed by atoms with Gasteiger partial charge in [0.25, 0.3) is 5.91 Å². The number of nitrogens with one attached hydrogen (secondary N) is 1. The molecule has 174 valence electrons. The van der Waals surface area contributed by atoms with Crippen molar-refractivity contribution in [3.8, 4) is 17.0 Å². The van der Waals surface area contributed by atoms with Gasteiger partial charge in [0.1, 0.15) is 5.75 Å². The topological polar surface area (TPSA) is 88.6 Å². The Morgan fingerprint density at radius 1 is 1.12 bits per heavy atom. The lowest BCUT2D eigenvalue weighted by atomic mass is 10.1. The molecule has 1 saturated heterocycles. The highest BCUT2D eigenvalue weighted by atomic mass is 32.2.